The predicted octanol–water partition coefficient (Wildman–Crippen LogP) is 3.21. The number of hydrogen-bond donors (Lipinski definition) is 1. The van der Waals surface area contributed by atoms with E-state index in [-0.39, 0.29) is 24.2 Å². The van der Waals surface area contributed by atoms with Crippen molar-refractivity contribution < 1.29 is 27.5 Å². The maximum Gasteiger partial charge on any atom is 0.244 e. The summed E-state index contributed by atoms with van der Waals surface area (Å²) in [5.74, 6) is 0.00607. The molecule has 1 aliphatic rings. The molecule has 0 fully saturated rings. The minimum Gasteiger partial charge on any atom is -0.486 e. The number of fused-ring (bicyclic) bond motifs is 1. The van der Waals surface area contributed by atoms with Crippen molar-refractivity contribution in [3.05, 3.63) is 53.1 Å². The van der Waals surface area contributed by atoms with Gasteiger partial charge in [0.2, 0.25) is 21.8 Å². The van der Waals surface area contributed by atoms with Gasteiger partial charge in [-0.15, -0.1) is 0 Å². The average molecular weight is 538 g/mol. The molecule has 0 bridgehead atoms. The van der Waals surface area contributed by atoms with Gasteiger partial charge in [0.05, 0.1) is 11.9 Å². The van der Waals surface area contributed by atoms with Gasteiger partial charge < -0.3 is 19.7 Å². The molecule has 2 atom stereocenters. The van der Waals surface area contributed by atoms with Gasteiger partial charge in [0, 0.05) is 23.7 Å². The molecule has 3 rings (SSSR count). The average Bonchev–Trinajstić information content (AvgIpc) is 2.85. The highest BCUT2D eigenvalue weighted by Gasteiger charge is 2.31. The number of sulfonamides is 1. The van der Waals surface area contributed by atoms with Gasteiger partial charge in [0.1, 0.15) is 25.8 Å². The van der Waals surface area contributed by atoms with E-state index in [4.69, 9.17) is 21.1 Å². The van der Waals surface area contributed by atoms with Crippen LogP contribution in [0.25, 0.3) is 0 Å². The molecule has 1 aliphatic heterocycles. The Morgan fingerprint density at radius 2 is 1.75 bits per heavy atom. The van der Waals surface area contributed by atoms with Crippen molar-refractivity contribution in [2.45, 2.75) is 45.8 Å². The van der Waals surface area contributed by atoms with E-state index in [2.05, 4.69) is 5.32 Å². The zero-order valence-corrected chi connectivity index (χ0v) is 22.4. The zero-order chi connectivity index (χ0) is 26.5. The number of halogens is 1. The molecule has 2 aromatic rings. The van der Waals surface area contributed by atoms with E-state index in [1.807, 2.05) is 13.8 Å². The van der Waals surface area contributed by atoms with E-state index in [9.17, 15) is 18.0 Å². The van der Waals surface area contributed by atoms with Crippen LogP contribution in [-0.4, -0.2) is 63.2 Å². The lowest BCUT2D eigenvalue weighted by Gasteiger charge is -2.32. The standard InChI is InChI=1S/C25H32ClN3O6S/c1-5-17(2)27-25(31)18(3)28(15-19-8-6-7-9-21(19)26)24(30)16-29(36(4,32)33)20-10-11-22-23(14-20)35-13-12-34-22/h6-11,14,17-18H,5,12-13,15-16H2,1-4H3,(H,27,31)/t17-,18+/m0/s1. The first kappa shape index (κ1) is 27.6. The number of carbonyl (C=O) groups is 2. The summed E-state index contributed by atoms with van der Waals surface area (Å²) in [6, 6.07) is 10.7. The summed E-state index contributed by atoms with van der Waals surface area (Å²) in [7, 11) is -3.86. The topological polar surface area (TPSA) is 105 Å². The summed E-state index contributed by atoms with van der Waals surface area (Å²) in [4.78, 5) is 27.9. The van der Waals surface area contributed by atoms with Gasteiger partial charge in [-0.05, 0) is 44.0 Å². The second kappa shape index (κ2) is 11.8. The van der Waals surface area contributed by atoms with Crippen LogP contribution in [0.1, 0.15) is 32.8 Å². The predicted molar refractivity (Wildman–Crippen MR) is 139 cm³/mol. The SMILES string of the molecule is CC[C@H](C)NC(=O)[C@@H](C)N(Cc1ccccc1Cl)C(=O)CN(c1ccc2c(c1)OCCO2)S(C)(=O)=O. The lowest BCUT2D eigenvalue weighted by Crippen LogP contribution is -2.52. The largest absolute Gasteiger partial charge is 0.486 e. The highest BCUT2D eigenvalue weighted by Crippen LogP contribution is 2.34. The third-order valence-electron chi connectivity index (χ3n) is 5.96. The fourth-order valence-electron chi connectivity index (χ4n) is 3.66. The Kier molecular flexibility index (Phi) is 9.08. The van der Waals surface area contributed by atoms with E-state index in [1.54, 1.807) is 43.3 Å². The second-order valence-corrected chi connectivity index (χ2v) is 11.0. The Bertz CT molecular complexity index is 1210. The van der Waals surface area contributed by atoms with E-state index in [1.165, 1.54) is 11.0 Å². The van der Waals surface area contributed by atoms with Crippen molar-refractivity contribution >= 4 is 39.1 Å². The third-order valence-corrected chi connectivity index (χ3v) is 7.47. The summed E-state index contributed by atoms with van der Waals surface area (Å²) in [6.07, 6.45) is 1.75. The van der Waals surface area contributed by atoms with Crippen LogP contribution in [-0.2, 0) is 26.2 Å². The van der Waals surface area contributed by atoms with E-state index in [0.29, 0.717) is 35.3 Å². The van der Waals surface area contributed by atoms with Gasteiger partial charge in [-0.3, -0.25) is 13.9 Å². The summed E-state index contributed by atoms with van der Waals surface area (Å²) in [5.41, 5.74) is 0.894. The van der Waals surface area contributed by atoms with Crippen molar-refractivity contribution in [2.24, 2.45) is 0 Å². The summed E-state index contributed by atoms with van der Waals surface area (Å²) < 4.78 is 37.6. The molecule has 0 spiro atoms. The molecule has 0 aliphatic carbocycles. The molecule has 0 aromatic heterocycles. The van der Waals surface area contributed by atoms with Crippen molar-refractivity contribution in [1.29, 1.82) is 0 Å². The molecule has 0 saturated heterocycles. The van der Waals surface area contributed by atoms with Crippen LogP contribution < -0.4 is 19.1 Å². The van der Waals surface area contributed by atoms with Crippen LogP contribution in [0.15, 0.2) is 42.5 Å². The molecule has 1 N–H and O–H groups in total. The Morgan fingerprint density at radius 3 is 2.39 bits per heavy atom. The van der Waals surface area contributed by atoms with Gasteiger partial charge in [0.25, 0.3) is 0 Å². The van der Waals surface area contributed by atoms with Crippen LogP contribution in [0, 0.1) is 0 Å². The summed E-state index contributed by atoms with van der Waals surface area (Å²) >= 11 is 6.34. The highest BCUT2D eigenvalue weighted by atomic mass is 35.5. The zero-order valence-electron chi connectivity index (χ0n) is 20.9. The summed E-state index contributed by atoms with van der Waals surface area (Å²) in [6.45, 7) is 5.69. The number of hydrogen-bond acceptors (Lipinski definition) is 6. The van der Waals surface area contributed by atoms with E-state index < -0.39 is 28.5 Å². The molecule has 11 heteroatoms. The number of carbonyl (C=O) groups excluding carboxylic acids is 2. The highest BCUT2D eigenvalue weighted by molar-refractivity contribution is 7.92. The van der Waals surface area contributed by atoms with Crippen molar-refractivity contribution in [1.82, 2.24) is 10.2 Å². The van der Waals surface area contributed by atoms with Gasteiger partial charge >= 0.3 is 0 Å². The molecule has 9 nitrogen and oxygen atoms in total. The smallest absolute Gasteiger partial charge is 0.244 e. The molecule has 0 unspecified atom stereocenters. The van der Waals surface area contributed by atoms with E-state index >= 15 is 0 Å². The molecule has 36 heavy (non-hydrogen) atoms. The van der Waals surface area contributed by atoms with Crippen LogP contribution in [0.4, 0.5) is 5.69 Å². The molecule has 2 amide bonds. The molecular formula is C25H32ClN3O6S. The second-order valence-electron chi connectivity index (χ2n) is 8.70. The number of amides is 2. The number of rotatable bonds is 10. The fourth-order valence-corrected chi connectivity index (χ4v) is 4.70. The van der Waals surface area contributed by atoms with Gasteiger partial charge in [0.15, 0.2) is 11.5 Å². The number of ether oxygens (including phenoxy) is 2. The van der Waals surface area contributed by atoms with Crippen LogP contribution in [0.5, 0.6) is 11.5 Å². The Morgan fingerprint density at radius 1 is 1.08 bits per heavy atom. The molecule has 1 heterocycles. The molecule has 0 saturated carbocycles. The van der Waals surface area contributed by atoms with Crippen LogP contribution in [0.2, 0.25) is 5.02 Å². The first-order chi connectivity index (χ1) is 17.0. The maximum absolute atomic E-state index is 13.6. The number of nitrogens with one attached hydrogen (secondary N) is 1. The van der Waals surface area contributed by atoms with Gasteiger partial charge in [-0.25, -0.2) is 8.42 Å². The normalized spacial score (nSPS) is 14.5. The minimum absolute atomic E-state index is 0.0341. The van der Waals surface area contributed by atoms with Crippen molar-refractivity contribution in [3.8, 4) is 11.5 Å². The lowest BCUT2D eigenvalue weighted by atomic mass is 10.1. The van der Waals surface area contributed by atoms with Crippen LogP contribution >= 0.6 is 11.6 Å². The first-order valence-electron chi connectivity index (χ1n) is 11.7. The van der Waals surface area contributed by atoms with Crippen molar-refractivity contribution in [2.75, 3.05) is 30.3 Å². The lowest BCUT2D eigenvalue weighted by molar-refractivity contribution is -0.139. The molecule has 196 valence electrons. The number of nitrogens with zero attached hydrogens (tertiary/aromatic N) is 2. The first-order valence-corrected chi connectivity index (χ1v) is 13.9. The van der Waals surface area contributed by atoms with E-state index in [0.717, 1.165) is 17.0 Å². The molecular weight excluding hydrogens is 506 g/mol. The monoisotopic (exact) mass is 537 g/mol. The number of benzene rings is 2. The Balaban J connectivity index is 1.92. The summed E-state index contributed by atoms with van der Waals surface area (Å²) in [5, 5.41) is 3.33. The molecule has 0 radical (unpaired) electrons. The quantitative estimate of drug-likeness (QED) is 0.499. The minimum atomic E-state index is -3.86. The van der Waals surface area contributed by atoms with Gasteiger partial charge in [-0.1, -0.05) is 36.7 Å². The maximum atomic E-state index is 13.6. The van der Waals surface area contributed by atoms with Crippen LogP contribution in [0.3, 0.4) is 0 Å². The van der Waals surface area contributed by atoms with Gasteiger partial charge in [-0.2, -0.15) is 0 Å². The Labute approximate surface area is 217 Å². The third kappa shape index (κ3) is 6.82. The van der Waals surface area contributed by atoms with Crippen molar-refractivity contribution in [3.63, 3.8) is 0 Å². The Hall–Kier alpha value is -2.98. The fraction of sp³-hybridized carbons (Fsp3) is 0.440. The molecule has 2 aromatic carbocycles. The number of anilines is 1.